The Balaban J connectivity index is 1.87. The minimum atomic E-state index is 0.0809. The zero-order valence-electron chi connectivity index (χ0n) is 9.32. The van der Waals surface area contributed by atoms with Crippen LogP contribution in [0.25, 0.3) is 0 Å². The van der Waals surface area contributed by atoms with E-state index in [0.717, 1.165) is 27.9 Å². The summed E-state index contributed by atoms with van der Waals surface area (Å²) in [4.78, 5) is 0. The van der Waals surface area contributed by atoms with Crippen LogP contribution >= 0.6 is 15.9 Å². The maximum atomic E-state index is 9.03. The fourth-order valence-electron chi connectivity index (χ4n) is 1.61. The van der Waals surface area contributed by atoms with Crippen molar-refractivity contribution < 1.29 is 9.52 Å². The number of benzene rings is 1. The van der Waals surface area contributed by atoms with Gasteiger partial charge in [-0.25, -0.2) is 0 Å². The van der Waals surface area contributed by atoms with Gasteiger partial charge in [-0.1, -0.05) is 24.3 Å². The van der Waals surface area contributed by atoms with E-state index in [-0.39, 0.29) is 6.61 Å². The van der Waals surface area contributed by atoms with E-state index in [0.29, 0.717) is 6.54 Å². The molecule has 0 aliphatic rings. The van der Waals surface area contributed by atoms with E-state index in [1.54, 1.807) is 6.26 Å². The van der Waals surface area contributed by atoms with Crippen LogP contribution in [0.5, 0.6) is 0 Å². The third kappa shape index (κ3) is 3.43. The summed E-state index contributed by atoms with van der Waals surface area (Å²) in [6.45, 7) is 1.51. The first-order valence-electron chi connectivity index (χ1n) is 5.41. The van der Waals surface area contributed by atoms with E-state index in [4.69, 9.17) is 9.52 Å². The van der Waals surface area contributed by atoms with Gasteiger partial charge in [-0.15, -0.1) is 0 Å². The Bertz CT molecular complexity index is 482. The van der Waals surface area contributed by atoms with Crippen LogP contribution in [0.3, 0.4) is 0 Å². The highest BCUT2D eigenvalue weighted by molar-refractivity contribution is 9.10. The monoisotopic (exact) mass is 295 g/mol. The molecule has 0 atom stereocenters. The number of furan rings is 1. The molecule has 0 saturated carbocycles. The van der Waals surface area contributed by atoms with Crippen LogP contribution in [0, 0.1) is 0 Å². The number of halogens is 1. The standard InChI is InChI=1S/C13H14BrNO2/c14-12-4-5-17-13(12)8-15-7-10-2-1-3-11(6-10)9-16/h1-6,15-16H,7-9H2. The van der Waals surface area contributed by atoms with Crippen molar-refractivity contribution >= 4 is 15.9 Å². The molecule has 1 heterocycles. The first-order chi connectivity index (χ1) is 8.29. The van der Waals surface area contributed by atoms with E-state index in [1.807, 2.05) is 30.3 Å². The van der Waals surface area contributed by atoms with Crippen molar-refractivity contribution in [1.82, 2.24) is 5.32 Å². The fraction of sp³-hybridized carbons (Fsp3) is 0.231. The van der Waals surface area contributed by atoms with E-state index in [2.05, 4.69) is 21.2 Å². The van der Waals surface area contributed by atoms with Gasteiger partial charge in [0.1, 0.15) is 5.76 Å². The maximum Gasteiger partial charge on any atom is 0.131 e. The van der Waals surface area contributed by atoms with E-state index in [1.165, 1.54) is 0 Å². The van der Waals surface area contributed by atoms with Gasteiger partial charge in [-0.2, -0.15) is 0 Å². The SMILES string of the molecule is OCc1cccc(CNCc2occc2Br)c1. The van der Waals surface area contributed by atoms with Crippen LogP contribution in [0.1, 0.15) is 16.9 Å². The van der Waals surface area contributed by atoms with Crippen LogP contribution in [-0.2, 0) is 19.7 Å². The summed E-state index contributed by atoms with van der Waals surface area (Å²) in [6, 6.07) is 9.76. The molecular weight excluding hydrogens is 282 g/mol. The Morgan fingerprint density at radius 3 is 2.71 bits per heavy atom. The van der Waals surface area contributed by atoms with Crippen molar-refractivity contribution in [2.45, 2.75) is 19.7 Å². The molecule has 0 spiro atoms. The lowest BCUT2D eigenvalue weighted by atomic mass is 10.1. The topological polar surface area (TPSA) is 45.4 Å². The Morgan fingerprint density at radius 1 is 1.18 bits per heavy atom. The van der Waals surface area contributed by atoms with Gasteiger partial charge in [0.2, 0.25) is 0 Å². The molecule has 0 aliphatic heterocycles. The maximum absolute atomic E-state index is 9.03. The predicted octanol–water partition coefficient (Wildman–Crippen LogP) is 2.82. The molecule has 3 nitrogen and oxygen atoms in total. The molecule has 1 aromatic heterocycles. The third-order valence-electron chi connectivity index (χ3n) is 2.48. The van der Waals surface area contributed by atoms with Crippen LogP contribution in [0.2, 0.25) is 0 Å². The molecule has 0 saturated heterocycles. The van der Waals surface area contributed by atoms with Gasteiger partial charge in [0.05, 0.1) is 23.9 Å². The smallest absolute Gasteiger partial charge is 0.131 e. The fourth-order valence-corrected chi connectivity index (χ4v) is 1.95. The van der Waals surface area contributed by atoms with Crippen LogP contribution in [0.15, 0.2) is 45.5 Å². The highest BCUT2D eigenvalue weighted by Gasteiger charge is 2.02. The average molecular weight is 296 g/mol. The lowest BCUT2D eigenvalue weighted by Crippen LogP contribution is -2.12. The third-order valence-corrected chi connectivity index (χ3v) is 3.19. The molecule has 2 N–H and O–H groups in total. The van der Waals surface area contributed by atoms with Crippen molar-refractivity contribution in [3.63, 3.8) is 0 Å². The largest absolute Gasteiger partial charge is 0.467 e. The quantitative estimate of drug-likeness (QED) is 0.892. The van der Waals surface area contributed by atoms with Crippen LogP contribution in [-0.4, -0.2) is 5.11 Å². The van der Waals surface area contributed by atoms with Gasteiger partial charge < -0.3 is 14.8 Å². The second-order valence-electron chi connectivity index (χ2n) is 3.77. The molecule has 90 valence electrons. The molecular formula is C13H14BrNO2. The molecule has 0 aliphatic carbocycles. The zero-order chi connectivity index (χ0) is 12.1. The van der Waals surface area contributed by atoms with Crippen LogP contribution in [0.4, 0.5) is 0 Å². The first-order valence-corrected chi connectivity index (χ1v) is 6.20. The van der Waals surface area contributed by atoms with Crippen LogP contribution < -0.4 is 5.32 Å². The zero-order valence-corrected chi connectivity index (χ0v) is 10.9. The van der Waals surface area contributed by atoms with Crippen molar-refractivity contribution in [3.8, 4) is 0 Å². The minimum Gasteiger partial charge on any atom is -0.467 e. The molecule has 2 aromatic rings. The van der Waals surface area contributed by atoms with Crippen molar-refractivity contribution in [1.29, 1.82) is 0 Å². The van der Waals surface area contributed by atoms with Gasteiger partial charge in [-0.05, 0) is 33.1 Å². The number of nitrogens with one attached hydrogen (secondary N) is 1. The van der Waals surface area contributed by atoms with E-state index >= 15 is 0 Å². The summed E-state index contributed by atoms with van der Waals surface area (Å²) < 4.78 is 6.28. The second kappa shape index (κ2) is 6.00. The summed E-state index contributed by atoms with van der Waals surface area (Å²) in [5, 5.41) is 12.3. The molecule has 4 heteroatoms. The van der Waals surface area contributed by atoms with E-state index in [9.17, 15) is 0 Å². The van der Waals surface area contributed by atoms with Gasteiger partial charge in [0, 0.05) is 6.54 Å². The normalized spacial score (nSPS) is 10.7. The van der Waals surface area contributed by atoms with Crippen molar-refractivity contribution in [2.75, 3.05) is 0 Å². The number of hydrogen-bond donors (Lipinski definition) is 2. The highest BCUT2D eigenvalue weighted by atomic mass is 79.9. The minimum absolute atomic E-state index is 0.0809. The molecule has 0 amide bonds. The van der Waals surface area contributed by atoms with Crippen molar-refractivity contribution in [3.05, 3.63) is 58.0 Å². The average Bonchev–Trinajstić information content (AvgIpc) is 2.76. The van der Waals surface area contributed by atoms with Crippen molar-refractivity contribution in [2.24, 2.45) is 0 Å². The lowest BCUT2D eigenvalue weighted by molar-refractivity contribution is 0.281. The van der Waals surface area contributed by atoms with Gasteiger partial charge >= 0.3 is 0 Å². The summed E-state index contributed by atoms with van der Waals surface area (Å²) in [7, 11) is 0. The molecule has 2 rings (SSSR count). The molecule has 0 fully saturated rings. The Morgan fingerprint density at radius 2 is 2.00 bits per heavy atom. The van der Waals surface area contributed by atoms with Gasteiger partial charge in [-0.3, -0.25) is 0 Å². The number of aliphatic hydroxyl groups is 1. The summed E-state index contributed by atoms with van der Waals surface area (Å²) in [5.74, 6) is 0.892. The highest BCUT2D eigenvalue weighted by Crippen LogP contribution is 2.17. The summed E-state index contributed by atoms with van der Waals surface area (Å²) >= 11 is 3.41. The lowest BCUT2D eigenvalue weighted by Gasteiger charge is -2.05. The number of hydrogen-bond acceptors (Lipinski definition) is 3. The Labute approximate surface area is 109 Å². The molecule has 0 radical (unpaired) electrons. The van der Waals surface area contributed by atoms with Gasteiger partial charge in [0.25, 0.3) is 0 Å². The molecule has 1 aromatic carbocycles. The second-order valence-corrected chi connectivity index (χ2v) is 4.63. The molecule has 17 heavy (non-hydrogen) atoms. The summed E-state index contributed by atoms with van der Waals surface area (Å²) in [6.07, 6.45) is 1.66. The van der Waals surface area contributed by atoms with Gasteiger partial charge in [0.15, 0.2) is 0 Å². The van der Waals surface area contributed by atoms with E-state index < -0.39 is 0 Å². The molecule has 0 unspecified atom stereocenters. The Kier molecular flexibility index (Phi) is 4.36. The Hall–Kier alpha value is -1.10. The predicted molar refractivity (Wildman–Crippen MR) is 69.3 cm³/mol. The first kappa shape index (κ1) is 12.4. The number of rotatable bonds is 5. The number of aliphatic hydroxyl groups excluding tert-OH is 1. The molecule has 0 bridgehead atoms. The summed E-state index contributed by atoms with van der Waals surface area (Å²) in [5.41, 5.74) is 2.09.